The molecule has 0 radical (unpaired) electrons. The fraction of sp³-hybridized carbons (Fsp3) is 0.0400. The lowest BCUT2D eigenvalue weighted by molar-refractivity contribution is -0.131. The number of benzene rings is 3. The number of rotatable bonds is 6. The predicted octanol–water partition coefficient (Wildman–Crippen LogP) is 3.86. The fourth-order valence-electron chi connectivity index (χ4n) is 3.30. The average molecular weight is 538 g/mol. The summed E-state index contributed by atoms with van der Waals surface area (Å²) in [4.78, 5) is 62.7. The first kappa shape index (κ1) is 25.5. The van der Waals surface area contributed by atoms with Gasteiger partial charge in [0.2, 0.25) is 5.91 Å². The first-order valence-corrected chi connectivity index (χ1v) is 11.4. The van der Waals surface area contributed by atoms with Crippen LogP contribution in [0, 0.1) is 5.92 Å². The molecule has 0 aromatic heterocycles. The summed E-state index contributed by atoms with van der Waals surface area (Å²) in [5.74, 6) is -4.13. The number of urea groups is 1. The van der Waals surface area contributed by atoms with Crippen LogP contribution in [-0.2, 0) is 9.59 Å². The predicted molar refractivity (Wildman–Crippen MR) is 138 cm³/mol. The van der Waals surface area contributed by atoms with Gasteiger partial charge < -0.3 is 5.32 Å². The first-order chi connectivity index (χ1) is 17.7. The Morgan fingerprint density at radius 1 is 0.811 bits per heavy atom. The van der Waals surface area contributed by atoms with Crippen molar-refractivity contribution in [2.45, 2.75) is 0 Å². The van der Waals surface area contributed by atoms with Crippen molar-refractivity contribution in [1.82, 2.24) is 10.7 Å². The number of carbonyl (C=O) groups excluding carboxylic acids is 5. The van der Waals surface area contributed by atoms with Crippen molar-refractivity contribution in [2.24, 2.45) is 11.0 Å². The molecular weight excluding hydrogens is 521 g/mol. The third kappa shape index (κ3) is 6.00. The maximum Gasteiger partial charge on any atom is 0.335 e. The van der Waals surface area contributed by atoms with Gasteiger partial charge in [-0.15, -0.1) is 0 Å². The molecule has 0 bridgehead atoms. The minimum Gasteiger partial charge on any atom is -0.322 e. The van der Waals surface area contributed by atoms with E-state index in [0.717, 1.165) is 11.1 Å². The Hall–Kier alpha value is -4.54. The molecule has 4 rings (SSSR count). The molecule has 1 aliphatic rings. The largest absolute Gasteiger partial charge is 0.335 e. The number of nitrogens with zero attached hydrogens (tertiary/aromatic N) is 2. The van der Waals surface area contributed by atoms with Crippen molar-refractivity contribution < 1.29 is 24.0 Å². The lowest BCUT2D eigenvalue weighted by Gasteiger charge is -2.28. The molecule has 12 heteroatoms. The Kier molecular flexibility index (Phi) is 7.61. The number of hydrogen-bond acceptors (Lipinski definition) is 6. The number of hydrogen-bond donors (Lipinski definition) is 3. The summed E-state index contributed by atoms with van der Waals surface area (Å²) in [6.07, 6.45) is 0.936. The molecule has 0 spiro atoms. The highest BCUT2D eigenvalue weighted by Gasteiger charge is 2.40. The van der Waals surface area contributed by atoms with Gasteiger partial charge in [-0.05, 0) is 72.8 Å². The molecule has 3 aromatic rings. The first-order valence-electron chi connectivity index (χ1n) is 10.7. The van der Waals surface area contributed by atoms with Crippen LogP contribution in [0.3, 0.4) is 0 Å². The second-order valence-electron chi connectivity index (χ2n) is 7.68. The van der Waals surface area contributed by atoms with Crippen molar-refractivity contribution in [1.29, 1.82) is 0 Å². The fourth-order valence-corrected chi connectivity index (χ4v) is 3.55. The Morgan fingerprint density at radius 3 is 1.97 bits per heavy atom. The van der Waals surface area contributed by atoms with E-state index in [1.54, 1.807) is 24.3 Å². The zero-order chi connectivity index (χ0) is 26.5. The SMILES string of the molecule is O=C(N/N=C\[C@@H]1C(=O)NC(=O)N(c2ccc(Cl)cc2)C1=O)c1ccc(NC(=O)c2ccc(Cl)cc2)cc1. The normalized spacial score (nSPS) is 15.5. The lowest BCUT2D eigenvalue weighted by Crippen LogP contribution is -2.58. The molecule has 10 nitrogen and oxygen atoms in total. The molecule has 1 atom stereocenters. The minimum atomic E-state index is -1.45. The molecule has 0 saturated carbocycles. The monoisotopic (exact) mass is 537 g/mol. The average Bonchev–Trinajstić information content (AvgIpc) is 2.87. The van der Waals surface area contributed by atoms with Gasteiger partial charge in [0.1, 0.15) is 0 Å². The van der Waals surface area contributed by atoms with Crippen molar-refractivity contribution in [3.8, 4) is 0 Å². The number of barbiturate groups is 1. The van der Waals surface area contributed by atoms with Crippen LogP contribution in [-0.4, -0.2) is 35.9 Å². The van der Waals surface area contributed by atoms with E-state index >= 15 is 0 Å². The molecule has 3 N–H and O–H groups in total. The van der Waals surface area contributed by atoms with Crippen LogP contribution in [0.25, 0.3) is 0 Å². The molecule has 0 unspecified atom stereocenters. The summed E-state index contributed by atoms with van der Waals surface area (Å²) in [5.41, 5.74) is 3.52. The van der Waals surface area contributed by atoms with E-state index in [-0.39, 0.29) is 17.2 Å². The number of nitrogens with one attached hydrogen (secondary N) is 3. The van der Waals surface area contributed by atoms with Gasteiger partial charge in [0.15, 0.2) is 5.92 Å². The molecule has 1 fully saturated rings. The van der Waals surface area contributed by atoms with Gasteiger partial charge in [-0.2, -0.15) is 5.10 Å². The van der Waals surface area contributed by atoms with E-state index < -0.39 is 29.7 Å². The van der Waals surface area contributed by atoms with E-state index in [0.29, 0.717) is 21.3 Å². The second-order valence-corrected chi connectivity index (χ2v) is 8.55. The summed E-state index contributed by atoms with van der Waals surface area (Å²) < 4.78 is 0. The topological polar surface area (TPSA) is 137 Å². The van der Waals surface area contributed by atoms with E-state index in [2.05, 4.69) is 21.2 Å². The van der Waals surface area contributed by atoms with Crippen molar-refractivity contribution in [3.63, 3.8) is 0 Å². The quantitative estimate of drug-likeness (QED) is 0.249. The summed E-state index contributed by atoms with van der Waals surface area (Å²) in [7, 11) is 0. The van der Waals surface area contributed by atoms with Crippen LogP contribution in [0.4, 0.5) is 16.2 Å². The number of hydrazone groups is 1. The number of anilines is 2. The number of imide groups is 2. The van der Waals surface area contributed by atoms with Crippen LogP contribution in [0.1, 0.15) is 20.7 Å². The minimum absolute atomic E-state index is 0.207. The zero-order valence-electron chi connectivity index (χ0n) is 18.8. The third-order valence-corrected chi connectivity index (χ3v) is 5.69. The Morgan fingerprint density at radius 2 is 1.35 bits per heavy atom. The van der Waals surface area contributed by atoms with Gasteiger partial charge in [0.05, 0.1) is 5.69 Å². The number of amides is 6. The zero-order valence-corrected chi connectivity index (χ0v) is 20.3. The summed E-state index contributed by atoms with van der Waals surface area (Å²) in [6, 6.07) is 17.3. The molecule has 186 valence electrons. The Bertz CT molecular complexity index is 1410. The number of halogens is 2. The van der Waals surface area contributed by atoms with Gasteiger partial charge in [-0.1, -0.05) is 23.2 Å². The lowest BCUT2D eigenvalue weighted by atomic mass is 10.1. The van der Waals surface area contributed by atoms with Crippen LogP contribution in [0.15, 0.2) is 77.9 Å². The molecule has 1 aliphatic heterocycles. The van der Waals surface area contributed by atoms with Crippen LogP contribution >= 0.6 is 23.2 Å². The molecule has 6 amide bonds. The van der Waals surface area contributed by atoms with Gasteiger partial charge >= 0.3 is 6.03 Å². The molecular formula is C25H17Cl2N5O5. The summed E-state index contributed by atoms with van der Waals surface area (Å²) >= 11 is 11.7. The summed E-state index contributed by atoms with van der Waals surface area (Å²) in [6.45, 7) is 0. The molecule has 37 heavy (non-hydrogen) atoms. The Balaban J connectivity index is 1.37. The van der Waals surface area contributed by atoms with Crippen molar-refractivity contribution in [2.75, 3.05) is 10.2 Å². The number of carbonyl (C=O) groups is 5. The van der Waals surface area contributed by atoms with Crippen molar-refractivity contribution >= 4 is 70.5 Å². The Labute approximate surface area is 220 Å². The molecule has 1 saturated heterocycles. The van der Waals surface area contributed by atoms with E-state index in [1.165, 1.54) is 48.5 Å². The molecule has 1 heterocycles. The highest BCUT2D eigenvalue weighted by molar-refractivity contribution is 6.33. The van der Waals surface area contributed by atoms with Crippen LogP contribution in [0.2, 0.25) is 10.0 Å². The second kappa shape index (κ2) is 11.0. The van der Waals surface area contributed by atoms with Gasteiger partial charge in [-0.3, -0.25) is 24.5 Å². The maximum absolute atomic E-state index is 12.8. The molecule has 0 aliphatic carbocycles. The van der Waals surface area contributed by atoms with Crippen LogP contribution in [0.5, 0.6) is 0 Å². The third-order valence-electron chi connectivity index (χ3n) is 5.19. The standard InChI is InChI=1S/C25H17Cl2N5O5/c26-16-5-1-14(2-6-16)21(33)29-18-9-3-15(4-10-18)22(34)31-28-13-20-23(35)30-25(37)32(24(20)36)19-11-7-17(27)8-12-19/h1-13,20H,(H,29,33)(H,31,34)(H,30,35,37)/b28-13-/t20-/m1/s1. The van der Waals surface area contributed by atoms with Crippen molar-refractivity contribution in [3.05, 3.63) is 94.0 Å². The van der Waals surface area contributed by atoms with Crippen LogP contribution < -0.4 is 21.0 Å². The van der Waals surface area contributed by atoms with E-state index in [9.17, 15) is 24.0 Å². The highest BCUT2D eigenvalue weighted by atomic mass is 35.5. The van der Waals surface area contributed by atoms with E-state index in [4.69, 9.17) is 23.2 Å². The molecule has 3 aromatic carbocycles. The van der Waals surface area contributed by atoms with Gasteiger partial charge in [-0.25, -0.2) is 15.1 Å². The van der Waals surface area contributed by atoms with E-state index in [1.807, 2.05) is 0 Å². The highest BCUT2D eigenvalue weighted by Crippen LogP contribution is 2.22. The van der Waals surface area contributed by atoms with Gasteiger partial charge in [0.25, 0.3) is 17.7 Å². The summed E-state index contributed by atoms with van der Waals surface area (Å²) in [5, 5.41) is 9.40. The van der Waals surface area contributed by atoms with Gasteiger partial charge in [0, 0.05) is 33.1 Å². The maximum atomic E-state index is 12.8. The smallest absolute Gasteiger partial charge is 0.322 e.